The number of nitrogens with one attached hydrogen (secondary N) is 1. The van der Waals surface area contributed by atoms with Crippen molar-refractivity contribution in [3.63, 3.8) is 0 Å². The van der Waals surface area contributed by atoms with Crippen molar-refractivity contribution >= 4 is 27.6 Å². The van der Waals surface area contributed by atoms with E-state index in [2.05, 4.69) is 21.2 Å². The highest BCUT2D eigenvalue weighted by Gasteiger charge is 2.01. The van der Waals surface area contributed by atoms with Crippen molar-refractivity contribution in [1.82, 2.24) is 5.32 Å². The summed E-state index contributed by atoms with van der Waals surface area (Å²) in [6, 6.07) is 0. The maximum absolute atomic E-state index is 10.7. The fourth-order valence-corrected chi connectivity index (χ4v) is 0.674. The molecule has 0 heterocycles. The third kappa shape index (κ3) is 5.75. The van der Waals surface area contributed by atoms with Crippen LogP contribution in [0.3, 0.4) is 0 Å². The fourth-order valence-electron chi connectivity index (χ4n) is 0.475. The average molecular weight is 208 g/mol. The fraction of sp³-hybridized carbons (Fsp3) is 0.667. The minimum absolute atomic E-state index is 0.00694. The lowest BCUT2D eigenvalue weighted by molar-refractivity contribution is -0.127. The van der Waals surface area contributed by atoms with Crippen LogP contribution in [-0.4, -0.2) is 23.6 Å². The van der Waals surface area contributed by atoms with Crippen LogP contribution in [-0.2, 0) is 9.59 Å². The maximum Gasteiger partial charge on any atom is 0.227 e. The van der Waals surface area contributed by atoms with Gasteiger partial charge in [0.15, 0.2) is 0 Å². The smallest absolute Gasteiger partial charge is 0.227 e. The Hall–Kier alpha value is -0.380. The van der Waals surface area contributed by atoms with Crippen molar-refractivity contribution < 1.29 is 9.59 Å². The molecule has 0 aliphatic rings. The van der Waals surface area contributed by atoms with Gasteiger partial charge in [-0.2, -0.15) is 0 Å². The van der Waals surface area contributed by atoms with Crippen LogP contribution in [0.5, 0.6) is 0 Å². The molecule has 10 heavy (non-hydrogen) atoms. The molecule has 1 amide bonds. The van der Waals surface area contributed by atoms with Crippen molar-refractivity contribution in [3.8, 4) is 0 Å². The van der Waals surface area contributed by atoms with Gasteiger partial charge in [0, 0.05) is 11.9 Å². The number of halogens is 1. The van der Waals surface area contributed by atoms with Crippen LogP contribution in [0, 0.1) is 0 Å². The topological polar surface area (TPSA) is 46.2 Å². The van der Waals surface area contributed by atoms with Crippen LogP contribution in [0.15, 0.2) is 0 Å². The summed E-state index contributed by atoms with van der Waals surface area (Å²) in [4.78, 5) is 21.0. The minimum Gasteiger partial charge on any atom is -0.355 e. The summed E-state index contributed by atoms with van der Waals surface area (Å²) in [5.74, 6) is -0.306. The highest BCUT2D eigenvalue weighted by atomic mass is 79.9. The summed E-state index contributed by atoms with van der Waals surface area (Å²) >= 11 is 3.14. The normalized spacial score (nSPS) is 9.00. The standard InChI is InChI=1S/C6H10BrNO2/c1-5(9)4-6(10)8-3-2-7/h2-4H2,1H3,(H,8,10). The summed E-state index contributed by atoms with van der Waals surface area (Å²) in [5, 5.41) is 3.28. The zero-order valence-electron chi connectivity index (χ0n) is 5.82. The molecule has 1 N–H and O–H groups in total. The van der Waals surface area contributed by atoms with E-state index < -0.39 is 0 Å². The molecule has 0 radical (unpaired) electrons. The van der Waals surface area contributed by atoms with Crippen molar-refractivity contribution in [2.45, 2.75) is 13.3 Å². The number of alkyl halides is 1. The first-order valence-corrected chi connectivity index (χ1v) is 4.11. The molecule has 0 aromatic heterocycles. The van der Waals surface area contributed by atoms with Gasteiger partial charge in [-0.3, -0.25) is 9.59 Å². The number of ketones is 1. The molecular weight excluding hydrogens is 198 g/mol. The molecule has 0 saturated carbocycles. The Kier molecular flexibility index (Phi) is 5.20. The largest absolute Gasteiger partial charge is 0.355 e. The Morgan fingerprint density at radius 2 is 2.10 bits per heavy atom. The minimum atomic E-state index is -0.202. The first-order chi connectivity index (χ1) is 4.66. The highest BCUT2D eigenvalue weighted by Crippen LogP contribution is 1.82. The predicted molar refractivity (Wildman–Crippen MR) is 42.1 cm³/mol. The lowest BCUT2D eigenvalue weighted by atomic mass is 10.3. The van der Waals surface area contributed by atoms with Crippen molar-refractivity contribution in [1.29, 1.82) is 0 Å². The molecular formula is C6H10BrNO2. The first-order valence-electron chi connectivity index (χ1n) is 2.99. The van der Waals surface area contributed by atoms with E-state index in [1.165, 1.54) is 6.92 Å². The molecule has 0 rings (SSSR count). The lowest BCUT2D eigenvalue weighted by Crippen LogP contribution is -2.26. The van der Waals surface area contributed by atoms with E-state index in [-0.39, 0.29) is 18.1 Å². The molecule has 0 saturated heterocycles. The van der Waals surface area contributed by atoms with Crippen LogP contribution >= 0.6 is 15.9 Å². The summed E-state index contributed by atoms with van der Waals surface area (Å²) in [7, 11) is 0. The van der Waals surface area contributed by atoms with E-state index in [1.807, 2.05) is 0 Å². The number of carbonyl (C=O) groups is 2. The predicted octanol–water partition coefficient (Wildman–Crippen LogP) is 0.477. The molecule has 0 aliphatic heterocycles. The zero-order valence-corrected chi connectivity index (χ0v) is 7.40. The molecule has 0 spiro atoms. The number of carbonyl (C=O) groups excluding carboxylic acids is 2. The Bertz CT molecular complexity index is 136. The summed E-state index contributed by atoms with van der Waals surface area (Å²) in [6.07, 6.45) is -0.00694. The van der Waals surface area contributed by atoms with Crippen LogP contribution in [0.25, 0.3) is 0 Å². The maximum atomic E-state index is 10.7. The van der Waals surface area contributed by atoms with Gasteiger partial charge in [0.2, 0.25) is 5.91 Å². The lowest BCUT2D eigenvalue weighted by Gasteiger charge is -1.98. The molecule has 0 unspecified atom stereocenters. The second-order valence-corrected chi connectivity index (χ2v) is 2.71. The van der Waals surface area contributed by atoms with E-state index >= 15 is 0 Å². The molecule has 0 aromatic rings. The number of rotatable bonds is 4. The van der Waals surface area contributed by atoms with Crippen molar-refractivity contribution in [3.05, 3.63) is 0 Å². The van der Waals surface area contributed by atoms with Crippen molar-refractivity contribution in [2.24, 2.45) is 0 Å². The van der Waals surface area contributed by atoms with Gasteiger partial charge in [-0.15, -0.1) is 0 Å². The molecule has 0 fully saturated rings. The summed E-state index contributed by atoms with van der Waals surface area (Å²) in [5.41, 5.74) is 0. The monoisotopic (exact) mass is 207 g/mol. The number of hydrogen-bond donors (Lipinski definition) is 1. The Morgan fingerprint density at radius 3 is 2.50 bits per heavy atom. The molecule has 3 nitrogen and oxygen atoms in total. The van der Waals surface area contributed by atoms with Gasteiger partial charge in [-0.1, -0.05) is 15.9 Å². The van der Waals surface area contributed by atoms with Gasteiger partial charge in [-0.05, 0) is 6.92 Å². The summed E-state index contributed by atoms with van der Waals surface area (Å²) < 4.78 is 0. The number of Topliss-reactive ketones (excluding diaryl/α,β-unsaturated/α-hetero) is 1. The Labute approximate surface area is 68.3 Å². The second-order valence-electron chi connectivity index (χ2n) is 1.92. The molecule has 4 heteroatoms. The SMILES string of the molecule is CC(=O)CC(=O)NCCBr. The van der Waals surface area contributed by atoms with Gasteiger partial charge in [0.25, 0.3) is 0 Å². The van der Waals surface area contributed by atoms with E-state index in [9.17, 15) is 9.59 Å². The zero-order chi connectivity index (χ0) is 7.98. The summed E-state index contributed by atoms with van der Waals surface area (Å²) in [6.45, 7) is 1.97. The average Bonchev–Trinajstić information content (AvgIpc) is 1.82. The van der Waals surface area contributed by atoms with Crippen LogP contribution < -0.4 is 5.32 Å². The van der Waals surface area contributed by atoms with Crippen LogP contribution in [0.1, 0.15) is 13.3 Å². The molecule has 0 atom stereocenters. The first kappa shape index (κ1) is 9.62. The second kappa shape index (κ2) is 5.41. The highest BCUT2D eigenvalue weighted by molar-refractivity contribution is 9.09. The third-order valence-corrected chi connectivity index (χ3v) is 1.22. The van der Waals surface area contributed by atoms with Crippen LogP contribution in [0.2, 0.25) is 0 Å². The number of amides is 1. The number of hydrogen-bond acceptors (Lipinski definition) is 2. The molecule has 0 aliphatic carbocycles. The van der Waals surface area contributed by atoms with Crippen molar-refractivity contribution in [2.75, 3.05) is 11.9 Å². The third-order valence-electron chi connectivity index (χ3n) is 0.826. The van der Waals surface area contributed by atoms with Gasteiger partial charge >= 0.3 is 0 Å². The van der Waals surface area contributed by atoms with E-state index in [0.717, 1.165) is 5.33 Å². The molecule has 0 aromatic carbocycles. The Morgan fingerprint density at radius 1 is 1.50 bits per heavy atom. The Balaban J connectivity index is 3.35. The van der Waals surface area contributed by atoms with Gasteiger partial charge < -0.3 is 5.32 Å². The van der Waals surface area contributed by atoms with Gasteiger partial charge in [0.1, 0.15) is 5.78 Å². The van der Waals surface area contributed by atoms with Crippen LogP contribution in [0.4, 0.5) is 0 Å². The van der Waals surface area contributed by atoms with E-state index in [1.54, 1.807) is 0 Å². The van der Waals surface area contributed by atoms with E-state index in [0.29, 0.717) is 6.54 Å². The molecule has 0 bridgehead atoms. The quantitative estimate of drug-likeness (QED) is 0.539. The van der Waals surface area contributed by atoms with Gasteiger partial charge in [-0.25, -0.2) is 0 Å². The van der Waals surface area contributed by atoms with E-state index in [4.69, 9.17) is 0 Å². The molecule has 58 valence electrons. The van der Waals surface area contributed by atoms with Gasteiger partial charge in [0.05, 0.1) is 6.42 Å².